The normalized spacial score (nSPS) is 18.0. The fourth-order valence-electron chi connectivity index (χ4n) is 3.88. The van der Waals surface area contributed by atoms with E-state index in [0.29, 0.717) is 41.6 Å². The van der Waals surface area contributed by atoms with Gasteiger partial charge in [-0.1, -0.05) is 6.07 Å². The van der Waals surface area contributed by atoms with Gasteiger partial charge in [0.15, 0.2) is 17.1 Å². The highest BCUT2D eigenvalue weighted by Gasteiger charge is 2.38. The van der Waals surface area contributed by atoms with E-state index in [2.05, 4.69) is 20.6 Å². The maximum atomic E-state index is 13.1. The van der Waals surface area contributed by atoms with Crippen LogP contribution in [0.25, 0.3) is 5.65 Å². The minimum Gasteiger partial charge on any atom is -0.454 e. The number of hydrogen-bond donors (Lipinski definition) is 1. The third kappa shape index (κ3) is 3.28. The summed E-state index contributed by atoms with van der Waals surface area (Å²) in [6, 6.07) is 8.89. The Kier molecular flexibility index (Phi) is 4.42. The average molecular weight is 421 g/mol. The highest BCUT2D eigenvalue weighted by molar-refractivity contribution is 5.48. The molecule has 158 valence electrons. The molecule has 30 heavy (non-hydrogen) atoms. The van der Waals surface area contributed by atoms with Crippen molar-refractivity contribution in [2.24, 2.45) is 0 Å². The van der Waals surface area contributed by atoms with E-state index in [1.54, 1.807) is 6.07 Å². The molecule has 0 aliphatic carbocycles. The maximum Gasteiger partial charge on any atom is 0.453 e. The molecule has 8 nitrogen and oxygen atoms in total. The van der Waals surface area contributed by atoms with E-state index < -0.39 is 12.0 Å². The van der Waals surface area contributed by atoms with E-state index in [-0.39, 0.29) is 17.9 Å². The molecule has 11 heteroatoms. The number of nitrogens with one attached hydrogen (secondary N) is 1. The van der Waals surface area contributed by atoms with E-state index in [0.717, 1.165) is 18.4 Å². The number of halogens is 3. The van der Waals surface area contributed by atoms with Gasteiger partial charge in [-0.05, 0) is 42.7 Å². The molecule has 3 aromatic rings. The SMILES string of the molecule is FC(F)(F)c1nnc2ccc(NCC3(c4ccc5c(c4)OCO5)CCOCC3)nn12. The summed E-state index contributed by atoms with van der Waals surface area (Å²) in [5, 5.41) is 14.0. The van der Waals surface area contributed by atoms with Crippen LogP contribution in [0.3, 0.4) is 0 Å². The molecule has 0 unspecified atom stereocenters. The van der Waals surface area contributed by atoms with Crippen molar-refractivity contribution in [3.8, 4) is 11.5 Å². The number of benzene rings is 1. The molecule has 0 bridgehead atoms. The summed E-state index contributed by atoms with van der Waals surface area (Å²) >= 11 is 0. The number of aromatic nitrogens is 4. The Morgan fingerprint density at radius 3 is 2.63 bits per heavy atom. The molecule has 0 saturated carbocycles. The molecule has 0 atom stereocenters. The molecule has 0 amide bonds. The standard InChI is InChI=1S/C19H18F3N5O3/c20-19(21,22)17-25-24-16-4-3-15(26-27(16)17)23-10-18(5-7-28-8-6-18)12-1-2-13-14(9-12)30-11-29-13/h1-4,9H,5-8,10-11H2,(H,23,26). The van der Waals surface area contributed by atoms with Crippen LogP contribution in [-0.4, -0.2) is 46.4 Å². The smallest absolute Gasteiger partial charge is 0.453 e. The number of ether oxygens (including phenoxy) is 3. The van der Waals surface area contributed by atoms with Crippen molar-refractivity contribution in [2.45, 2.75) is 24.4 Å². The second-order valence-electron chi connectivity index (χ2n) is 7.32. The Morgan fingerprint density at radius 1 is 1.03 bits per heavy atom. The van der Waals surface area contributed by atoms with Crippen LogP contribution in [0.5, 0.6) is 11.5 Å². The number of nitrogens with zero attached hydrogens (tertiary/aromatic N) is 4. The van der Waals surface area contributed by atoms with Crippen molar-refractivity contribution in [3.05, 3.63) is 41.7 Å². The van der Waals surface area contributed by atoms with Gasteiger partial charge in [-0.25, -0.2) is 0 Å². The molecule has 1 aromatic carbocycles. The number of hydrogen-bond acceptors (Lipinski definition) is 7. The van der Waals surface area contributed by atoms with Crippen LogP contribution in [0.2, 0.25) is 0 Å². The average Bonchev–Trinajstić information content (AvgIpc) is 3.38. The highest BCUT2D eigenvalue weighted by Crippen LogP contribution is 2.41. The lowest BCUT2D eigenvalue weighted by atomic mass is 9.74. The predicted octanol–water partition coefficient (Wildman–Crippen LogP) is 3.03. The zero-order valence-electron chi connectivity index (χ0n) is 15.8. The summed E-state index contributed by atoms with van der Waals surface area (Å²) in [5.74, 6) is 0.544. The van der Waals surface area contributed by atoms with Crippen molar-refractivity contribution in [1.29, 1.82) is 0 Å². The zero-order chi connectivity index (χ0) is 20.8. The van der Waals surface area contributed by atoms with Gasteiger partial charge >= 0.3 is 6.18 Å². The van der Waals surface area contributed by atoms with Gasteiger partial charge in [0.25, 0.3) is 5.82 Å². The monoisotopic (exact) mass is 421 g/mol. The number of rotatable bonds is 4. The number of anilines is 1. The van der Waals surface area contributed by atoms with Gasteiger partial charge in [0.2, 0.25) is 6.79 Å². The summed E-state index contributed by atoms with van der Waals surface area (Å²) in [4.78, 5) is 0. The van der Waals surface area contributed by atoms with Crippen molar-refractivity contribution in [2.75, 3.05) is 31.9 Å². The Bertz CT molecular complexity index is 1080. The van der Waals surface area contributed by atoms with E-state index in [4.69, 9.17) is 14.2 Å². The third-order valence-corrected chi connectivity index (χ3v) is 5.56. The molecule has 2 aliphatic heterocycles. The molecule has 0 spiro atoms. The third-order valence-electron chi connectivity index (χ3n) is 5.56. The van der Waals surface area contributed by atoms with Crippen LogP contribution >= 0.6 is 0 Å². The van der Waals surface area contributed by atoms with Crippen molar-refractivity contribution in [3.63, 3.8) is 0 Å². The van der Waals surface area contributed by atoms with Gasteiger partial charge in [-0.2, -0.15) is 17.7 Å². The first-order valence-corrected chi connectivity index (χ1v) is 9.46. The van der Waals surface area contributed by atoms with Gasteiger partial charge in [-0.15, -0.1) is 15.3 Å². The Hall–Kier alpha value is -3.08. The van der Waals surface area contributed by atoms with Gasteiger partial charge in [0, 0.05) is 25.2 Å². The van der Waals surface area contributed by atoms with Gasteiger partial charge in [-0.3, -0.25) is 0 Å². The molecule has 1 saturated heterocycles. The fourth-order valence-corrected chi connectivity index (χ4v) is 3.88. The predicted molar refractivity (Wildman–Crippen MR) is 98.6 cm³/mol. The molecule has 5 rings (SSSR count). The summed E-state index contributed by atoms with van der Waals surface area (Å²) in [6.07, 6.45) is -3.13. The molecule has 1 N–H and O–H groups in total. The van der Waals surface area contributed by atoms with Gasteiger partial charge in [0.1, 0.15) is 5.82 Å². The number of fused-ring (bicyclic) bond motifs is 2. The van der Waals surface area contributed by atoms with Crippen LogP contribution in [0, 0.1) is 0 Å². The molecule has 0 radical (unpaired) electrons. The maximum absolute atomic E-state index is 13.1. The molecule has 2 aromatic heterocycles. The van der Waals surface area contributed by atoms with Crippen LogP contribution in [0.4, 0.5) is 19.0 Å². The first-order valence-electron chi connectivity index (χ1n) is 9.46. The Morgan fingerprint density at radius 2 is 1.83 bits per heavy atom. The van der Waals surface area contributed by atoms with E-state index in [1.165, 1.54) is 6.07 Å². The second-order valence-corrected chi connectivity index (χ2v) is 7.32. The first kappa shape index (κ1) is 18.9. The minimum atomic E-state index is -4.64. The van der Waals surface area contributed by atoms with Crippen molar-refractivity contribution in [1.82, 2.24) is 19.8 Å². The molecule has 1 fully saturated rings. The van der Waals surface area contributed by atoms with Crippen molar-refractivity contribution < 1.29 is 27.4 Å². The lowest BCUT2D eigenvalue weighted by Gasteiger charge is -2.38. The van der Waals surface area contributed by atoms with Crippen LogP contribution in [0.1, 0.15) is 24.2 Å². The summed E-state index contributed by atoms with van der Waals surface area (Å²) in [6.45, 7) is 1.84. The van der Waals surface area contributed by atoms with Gasteiger partial charge in [0.05, 0.1) is 0 Å². The lowest BCUT2D eigenvalue weighted by Crippen LogP contribution is -2.40. The minimum absolute atomic E-state index is 0.0319. The topological polar surface area (TPSA) is 82.8 Å². The first-order chi connectivity index (χ1) is 14.4. The lowest BCUT2D eigenvalue weighted by molar-refractivity contribution is -0.146. The number of alkyl halides is 3. The van der Waals surface area contributed by atoms with E-state index in [9.17, 15) is 13.2 Å². The molecule has 2 aliphatic rings. The van der Waals surface area contributed by atoms with E-state index >= 15 is 0 Å². The van der Waals surface area contributed by atoms with Crippen molar-refractivity contribution >= 4 is 11.5 Å². The Labute approximate surface area is 168 Å². The largest absolute Gasteiger partial charge is 0.454 e. The molecular formula is C19H18F3N5O3. The van der Waals surface area contributed by atoms with E-state index in [1.807, 2.05) is 18.2 Å². The van der Waals surface area contributed by atoms with Crippen LogP contribution < -0.4 is 14.8 Å². The highest BCUT2D eigenvalue weighted by atomic mass is 19.4. The van der Waals surface area contributed by atoms with Gasteiger partial charge < -0.3 is 19.5 Å². The fraction of sp³-hybridized carbons (Fsp3) is 0.421. The quantitative estimate of drug-likeness (QED) is 0.693. The molecule has 4 heterocycles. The summed E-state index contributed by atoms with van der Waals surface area (Å²) in [5.41, 5.74) is 0.809. The molecular weight excluding hydrogens is 403 g/mol. The second kappa shape index (κ2) is 7.01. The summed E-state index contributed by atoms with van der Waals surface area (Å²) in [7, 11) is 0. The zero-order valence-corrected chi connectivity index (χ0v) is 15.8. The van der Waals surface area contributed by atoms with Crippen LogP contribution in [-0.2, 0) is 16.3 Å². The summed E-state index contributed by atoms with van der Waals surface area (Å²) < 4.78 is 56.6. The van der Waals surface area contributed by atoms with Crippen LogP contribution in [0.15, 0.2) is 30.3 Å². The Balaban J connectivity index is 1.44.